The lowest BCUT2D eigenvalue weighted by molar-refractivity contribution is -0.124. The highest BCUT2D eigenvalue weighted by atomic mass is 32.2. The maximum Gasteiger partial charge on any atom is 0.237 e. The Morgan fingerprint density at radius 1 is 1.41 bits per heavy atom. The van der Waals surface area contributed by atoms with Gasteiger partial charge in [0.25, 0.3) is 0 Å². The Morgan fingerprint density at radius 2 is 2.06 bits per heavy atom. The quantitative estimate of drug-likeness (QED) is 0.377. The number of amides is 1. The van der Waals surface area contributed by atoms with E-state index in [1.807, 2.05) is 5.43 Å². The Hall–Kier alpha value is -1.14. The molecule has 2 atom stereocenters. The van der Waals surface area contributed by atoms with Gasteiger partial charge >= 0.3 is 0 Å². The van der Waals surface area contributed by atoms with Crippen LogP contribution >= 0.6 is 11.8 Å². The molecule has 17 heavy (non-hydrogen) atoms. The van der Waals surface area contributed by atoms with Crippen LogP contribution in [0.15, 0.2) is 23.1 Å². The van der Waals surface area contributed by atoms with Crippen LogP contribution in [0.25, 0.3) is 0 Å². The number of hydrogen-bond donors (Lipinski definition) is 2. The number of carbonyl (C=O) groups is 1. The Balaban J connectivity index is 2.74. The Labute approximate surface area is 103 Å². The fourth-order valence-corrected chi connectivity index (χ4v) is 2.26. The van der Waals surface area contributed by atoms with Crippen molar-refractivity contribution in [2.24, 2.45) is 11.8 Å². The number of nitrogens with one attached hydrogen (secondary N) is 1. The van der Waals surface area contributed by atoms with Gasteiger partial charge in [0, 0.05) is 22.1 Å². The summed E-state index contributed by atoms with van der Waals surface area (Å²) in [5.41, 5.74) is 2.05. The highest BCUT2D eigenvalue weighted by Gasteiger charge is 2.21. The zero-order valence-electron chi connectivity index (χ0n) is 9.54. The van der Waals surface area contributed by atoms with E-state index in [1.165, 1.54) is 23.9 Å². The second-order valence-electron chi connectivity index (χ2n) is 3.69. The number of hydrazine groups is 1. The molecule has 0 fully saturated rings. The third kappa shape index (κ3) is 3.67. The molecule has 6 heteroatoms. The first-order valence-electron chi connectivity index (χ1n) is 5.08. The molecular weight excluding hydrogens is 246 g/mol. The summed E-state index contributed by atoms with van der Waals surface area (Å²) in [6, 6.07) is 3.37. The Kier molecular flexibility index (Phi) is 4.89. The molecule has 0 aliphatic rings. The average molecular weight is 260 g/mol. The second-order valence-corrected chi connectivity index (χ2v) is 5.11. The van der Waals surface area contributed by atoms with Gasteiger partial charge in [-0.05, 0) is 12.1 Å². The Bertz CT molecular complexity index is 414. The van der Waals surface area contributed by atoms with Crippen molar-refractivity contribution >= 4 is 17.7 Å². The van der Waals surface area contributed by atoms with Gasteiger partial charge in [-0.3, -0.25) is 10.2 Å². The van der Waals surface area contributed by atoms with Gasteiger partial charge in [0.2, 0.25) is 5.91 Å². The molecule has 94 valence electrons. The summed E-state index contributed by atoms with van der Waals surface area (Å²) < 4.78 is 26.1. The fraction of sp³-hybridized carbons (Fsp3) is 0.364. The van der Waals surface area contributed by atoms with Crippen LogP contribution in [0, 0.1) is 17.6 Å². The lowest BCUT2D eigenvalue weighted by atomic mass is 10.1. The van der Waals surface area contributed by atoms with E-state index in [-0.39, 0.29) is 17.1 Å². The maximum absolute atomic E-state index is 13.4. The van der Waals surface area contributed by atoms with Crippen LogP contribution in [0.2, 0.25) is 0 Å². The average Bonchev–Trinajstić information content (AvgIpc) is 2.30. The second kappa shape index (κ2) is 5.97. The van der Waals surface area contributed by atoms with Crippen molar-refractivity contribution in [2.75, 3.05) is 0 Å². The van der Waals surface area contributed by atoms with Crippen molar-refractivity contribution in [3.05, 3.63) is 29.8 Å². The van der Waals surface area contributed by atoms with Crippen LogP contribution in [0.3, 0.4) is 0 Å². The standard InChI is InChI=1S/C11H14F2N2OS/c1-6(11(16)15-14)7(2)17-10-4-3-8(12)5-9(10)13/h3-7H,14H2,1-2H3,(H,15,16). The first-order chi connectivity index (χ1) is 7.95. The normalized spacial score (nSPS) is 14.2. The predicted octanol–water partition coefficient (Wildman–Crippen LogP) is 2.07. The minimum absolute atomic E-state index is 0.168. The van der Waals surface area contributed by atoms with Crippen molar-refractivity contribution in [1.82, 2.24) is 5.43 Å². The lowest BCUT2D eigenvalue weighted by Crippen LogP contribution is -2.38. The van der Waals surface area contributed by atoms with Gasteiger partial charge in [0.15, 0.2) is 0 Å². The van der Waals surface area contributed by atoms with Gasteiger partial charge in [-0.15, -0.1) is 11.8 Å². The largest absolute Gasteiger partial charge is 0.294 e. The van der Waals surface area contributed by atoms with Gasteiger partial charge < -0.3 is 0 Å². The summed E-state index contributed by atoms with van der Waals surface area (Å²) in [5.74, 6) is 3.10. The third-order valence-electron chi connectivity index (χ3n) is 2.47. The number of hydrogen-bond acceptors (Lipinski definition) is 3. The molecule has 0 saturated carbocycles. The first kappa shape index (κ1) is 13.9. The van der Waals surface area contributed by atoms with E-state index >= 15 is 0 Å². The van der Waals surface area contributed by atoms with Gasteiger partial charge in [-0.2, -0.15) is 0 Å². The molecule has 3 nitrogen and oxygen atoms in total. The van der Waals surface area contributed by atoms with Gasteiger partial charge in [-0.25, -0.2) is 14.6 Å². The molecule has 0 saturated heterocycles. The SMILES string of the molecule is CC(Sc1ccc(F)cc1F)C(C)C(=O)NN. The van der Waals surface area contributed by atoms with E-state index in [4.69, 9.17) is 5.84 Å². The molecule has 0 aliphatic heterocycles. The van der Waals surface area contributed by atoms with Crippen molar-refractivity contribution in [1.29, 1.82) is 0 Å². The molecular formula is C11H14F2N2OS. The minimum atomic E-state index is -0.623. The van der Waals surface area contributed by atoms with E-state index in [2.05, 4.69) is 0 Å². The monoisotopic (exact) mass is 260 g/mol. The van der Waals surface area contributed by atoms with Crippen molar-refractivity contribution < 1.29 is 13.6 Å². The van der Waals surface area contributed by atoms with Gasteiger partial charge in [-0.1, -0.05) is 13.8 Å². The highest BCUT2D eigenvalue weighted by molar-refractivity contribution is 8.00. The molecule has 1 aromatic rings. The molecule has 0 bridgehead atoms. The number of halogens is 2. The van der Waals surface area contributed by atoms with E-state index in [9.17, 15) is 13.6 Å². The van der Waals surface area contributed by atoms with E-state index in [0.29, 0.717) is 4.90 Å². The van der Waals surface area contributed by atoms with Crippen LogP contribution < -0.4 is 11.3 Å². The molecule has 0 aromatic heterocycles. The van der Waals surface area contributed by atoms with Crippen LogP contribution in [0.1, 0.15) is 13.8 Å². The zero-order chi connectivity index (χ0) is 13.0. The van der Waals surface area contributed by atoms with E-state index in [0.717, 1.165) is 6.07 Å². The zero-order valence-corrected chi connectivity index (χ0v) is 10.4. The molecule has 1 rings (SSSR count). The predicted molar refractivity (Wildman–Crippen MR) is 63.2 cm³/mol. The summed E-state index contributed by atoms with van der Waals surface area (Å²) in [4.78, 5) is 11.6. The van der Waals surface area contributed by atoms with E-state index < -0.39 is 11.6 Å². The minimum Gasteiger partial charge on any atom is -0.294 e. The molecule has 1 aromatic carbocycles. The first-order valence-corrected chi connectivity index (χ1v) is 5.95. The van der Waals surface area contributed by atoms with Crippen LogP contribution in [-0.4, -0.2) is 11.2 Å². The highest BCUT2D eigenvalue weighted by Crippen LogP contribution is 2.30. The molecule has 0 radical (unpaired) electrons. The third-order valence-corrected chi connectivity index (χ3v) is 3.83. The van der Waals surface area contributed by atoms with Crippen molar-refractivity contribution in [3.8, 4) is 0 Å². The topological polar surface area (TPSA) is 55.1 Å². The number of nitrogens with two attached hydrogens (primary N) is 1. The summed E-state index contributed by atoms with van der Waals surface area (Å²) >= 11 is 1.17. The van der Waals surface area contributed by atoms with Crippen LogP contribution in [-0.2, 0) is 4.79 Å². The van der Waals surface area contributed by atoms with Crippen molar-refractivity contribution in [2.45, 2.75) is 24.0 Å². The summed E-state index contributed by atoms with van der Waals surface area (Å²) in [6.45, 7) is 3.48. The van der Waals surface area contributed by atoms with Crippen LogP contribution in [0.4, 0.5) is 8.78 Å². The van der Waals surface area contributed by atoms with Gasteiger partial charge in [0.05, 0.1) is 0 Å². The van der Waals surface area contributed by atoms with Gasteiger partial charge in [0.1, 0.15) is 11.6 Å². The van der Waals surface area contributed by atoms with Crippen LogP contribution in [0.5, 0.6) is 0 Å². The smallest absolute Gasteiger partial charge is 0.237 e. The molecule has 3 N–H and O–H groups in total. The number of carbonyl (C=O) groups excluding carboxylic acids is 1. The fourth-order valence-electron chi connectivity index (χ4n) is 1.22. The number of benzene rings is 1. The molecule has 2 unspecified atom stereocenters. The molecule has 0 heterocycles. The molecule has 0 aliphatic carbocycles. The summed E-state index contributed by atoms with van der Waals surface area (Å²) in [6.07, 6.45) is 0. The maximum atomic E-state index is 13.4. The summed E-state index contributed by atoms with van der Waals surface area (Å²) in [5, 5.41) is -0.168. The number of rotatable bonds is 4. The lowest BCUT2D eigenvalue weighted by Gasteiger charge is -2.17. The van der Waals surface area contributed by atoms with Crippen molar-refractivity contribution in [3.63, 3.8) is 0 Å². The molecule has 1 amide bonds. The van der Waals surface area contributed by atoms with E-state index in [1.54, 1.807) is 13.8 Å². The Morgan fingerprint density at radius 3 is 2.59 bits per heavy atom. The summed E-state index contributed by atoms with van der Waals surface area (Å²) in [7, 11) is 0. The molecule has 0 spiro atoms. The number of thioether (sulfide) groups is 1.